The van der Waals surface area contributed by atoms with Gasteiger partial charge in [0.15, 0.2) is 12.0 Å². The largest absolute Gasteiger partial charge is 0.444 e. The van der Waals surface area contributed by atoms with Crippen LogP contribution in [0.25, 0.3) is 16.7 Å². The Bertz CT molecular complexity index is 1380. The highest BCUT2D eigenvalue weighted by Crippen LogP contribution is 2.36. The van der Waals surface area contributed by atoms with Gasteiger partial charge in [-0.15, -0.1) is 0 Å². The van der Waals surface area contributed by atoms with Crippen LogP contribution in [0.4, 0.5) is 13.6 Å². The molecule has 0 fully saturated rings. The van der Waals surface area contributed by atoms with Crippen LogP contribution in [0.15, 0.2) is 36.4 Å². The summed E-state index contributed by atoms with van der Waals surface area (Å²) in [6, 6.07) is 9.70. The first-order chi connectivity index (χ1) is 18.4. The number of aromatic nitrogens is 2. The monoisotopic (exact) mass is 540 g/mol. The highest BCUT2D eigenvalue weighted by Gasteiger charge is 2.26. The van der Waals surface area contributed by atoms with Crippen LogP contribution in [-0.2, 0) is 4.74 Å². The molecular formula is C29H34F2N4O4. The number of amides is 1. The Morgan fingerprint density at radius 2 is 1.97 bits per heavy atom. The molecule has 39 heavy (non-hydrogen) atoms. The lowest BCUT2D eigenvalue weighted by Crippen LogP contribution is -2.32. The molecule has 1 aromatic heterocycles. The van der Waals surface area contributed by atoms with Crippen LogP contribution in [0.1, 0.15) is 68.3 Å². The fourth-order valence-electron chi connectivity index (χ4n) is 4.18. The van der Waals surface area contributed by atoms with Gasteiger partial charge in [-0.3, -0.25) is 14.3 Å². The fourth-order valence-corrected chi connectivity index (χ4v) is 4.18. The molecule has 3 rings (SSSR count). The third kappa shape index (κ3) is 7.54. The summed E-state index contributed by atoms with van der Waals surface area (Å²) in [6.45, 7) is 4.60. The number of hydrogen-bond acceptors (Lipinski definition) is 6. The lowest BCUT2D eigenvalue weighted by Gasteiger charge is -2.25. The maximum Gasteiger partial charge on any atom is 0.407 e. The van der Waals surface area contributed by atoms with Crippen LogP contribution < -0.4 is 10.1 Å². The number of nitrogens with one attached hydrogen (secondary N) is 1. The number of alkyl carbamates (subject to hydrolysis) is 1. The summed E-state index contributed by atoms with van der Waals surface area (Å²) in [5, 5.41) is 2.66. The van der Waals surface area contributed by atoms with Gasteiger partial charge in [-0.05, 0) is 71.6 Å². The van der Waals surface area contributed by atoms with Crippen molar-refractivity contribution in [2.24, 2.45) is 0 Å². The van der Waals surface area contributed by atoms with Gasteiger partial charge in [-0.2, -0.15) is 8.78 Å². The second-order valence-electron chi connectivity index (χ2n) is 10.1. The molecular weight excluding hydrogens is 506 g/mol. The Hall–Kier alpha value is -3.97. The highest BCUT2D eigenvalue weighted by atomic mass is 19.3. The number of nitrogens with zero attached hydrogens (tertiary/aromatic N) is 3. The molecule has 1 amide bonds. The van der Waals surface area contributed by atoms with Crippen molar-refractivity contribution >= 4 is 23.4 Å². The van der Waals surface area contributed by atoms with Crippen LogP contribution in [0.2, 0.25) is 0 Å². The van der Waals surface area contributed by atoms with E-state index in [-0.39, 0.29) is 23.0 Å². The summed E-state index contributed by atoms with van der Waals surface area (Å²) in [7, 11) is 3.81. The van der Waals surface area contributed by atoms with E-state index in [2.05, 4.69) is 17.2 Å². The first-order valence-corrected chi connectivity index (χ1v) is 12.6. The SMILES string of the molecule is CCC(c1nc2ccc(C#CCCNC(=O)OC(C)(C)C)cc2n1-c1c(C=O)cccc1OC(F)F)N(C)C. The highest BCUT2D eigenvalue weighted by molar-refractivity contribution is 5.87. The first kappa shape index (κ1) is 29.6. The van der Waals surface area contributed by atoms with Gasteiger partial charge in [0.05, 0.1) is 17.1 Å². The van der Waals surface area contributed by atoms with E-state index in [1.54, 1.807) is 43.5 Å². The molecule has 3 aromatic rings. The van der Waals surface area contributed by atoms with Crippen LogP contribution in [0, 0.1) is 11.8 Å². The molecule has 2 aromatic carbocycles. The molecule has 1 atom stereocenters. The van der Waals surface area contributed by atoms with Gasteiger partial charge >= 0.3 is 12.7 Å². The number of alkyl halides is 2. The molecule has 0 saturated heterocycles. The zero-order valence-electron chi connectivity index (χ0n) is 23.0. The summed E-state index contributed by atoms with van der Waals surface area (Å²) in [6.07, 6.45) is 1.17. The smallest absolute Gasteiger partial charge is 0.407 e. The van der Waals surface area contributed by atoms with Gasteiger partial charge in [0, 0.05) is 24.1 Å². The average Bonchev–Trinajstić information content (AvgIpc) is 3.20. The number of rotatable bonds is 9. The lowest BCUT2D eigenvalue weighted by molar-refractivity contribution is -0.0499. The third-order valence-electron chi connectivity index (χ3n) is 5.74. The Morgan fingerprint density at radius 3 is 2.59 bits per heavy atom. The van der Waals surface area contributed by atoms with E-state index in [9.17, 15) is 18.4 Å². The summed E-state index contributed by atoms with van der Waals surface area (Å²) in [5.41, 5.74) is 1.66. The molecule has 0 aliphatic carbocycles. The standard InChI is InChI=1S/C29H34F2N4O4/c1-7-22(34(5)6)26-33-21-15-14-19(11-8-9-16-32-28(37)39-29(2,3)4)17-23(21)35(26)25-20(18-36)12-10-13-24(25)38-27(30)31/h10,12-15,17-18,22,27H,7,9,16H2,1-6H3,(H,32,37). The van der Waals surface area contributed by atoms with Crippen molar-refractivity contribution in [2.75, 3.05) is 20.6 Å². The van der Waals surface area contributed by atoms with Crippen LogP contribution in [-0.4, -0.2) is 59.7 Å². The molecule has 208 valence electrons. The summed E-state index contributed by atoms with van der Waals surface area (Å²) in [4.78, 5) is 30.6. The number of para-hydroxylation sites is 1. The second-order valence-corrected chi connectivity index (χ2v) is 10.1. The normalized spacial score (nSPS) is 12.3. The number of hydrogen-bond donors (Lipinski definition) is 1. The topological polar surface area (TPSA) is 85.7 Å². The second kappa shape index (κ2) is 12.7. The van der Waals surface area contributed by atoms with Crippen LogP contribution in [0.5, 0.6) is 5.75 Å². The number of aldehydes is 1. The number of ether oxygens (including phenoxy) is 2. The minimum absolute atomic E-state index is 0.131. The van der Waals surface area contributed by atoms with Gasteiger partial charge in [0.25, 0.3) is 0 Å². The van der Waals surface area contributed by atoms with Gasteiger partial charge < -0.3 is 14.8 Å². The fraction of sp³-hybridized carbons (Fsp3) is 0.414. The molecule has 0 radical (unpaired) electrons. The lowest BCUT2D eigenvalue weighted by atomic mass is 10.1. The Kier molecular flexibility index (Phi) is 9.65. The van der Waals surface area contributed by atoms with Crippen LogP contribution >= 0.6 is 0 Å². The van der Waals surface area contributed by atoms with Crippen molar-refractivity contribution in [3.8, 4) is 23.3 Å². The quantitative estimate of drug-likeness (QED) is 0.212. The summed E-state index contributed by atoms with van der Waals surface area (Å²) >= 11 is 0. The zero-order valence-corrected chi connectivity index (χ0v) is 23.0. The van der Waals surface area contributed by atoms with Gasteiger partial charge in [0.2, 0.25) is 0 Å². The van der Waals surface area contributed by atoms with Gasteiger partial charge in [-0.1, -0.05) is 24.8 Å². The van der Waals surface area contributed by atoms with E-state index in [4.69, 9.17) is 14.5 Å². The number of carbonyl (C=O) groups is 2. The minimum Gasteiger partial charge on any atom is -0.444 e. The minimum atomic E-state index is -3.07. The zero-order chi connectivity index (χ0) is 28.7. The summed E-state index contributed by atoms with van der Waals surface area (Å²) < 4.78 is 38.4. The van der Waals surface area contributed by atoms with Crippen LogP contribution in [0.3, 0.4) is 0 Å². The molecule has 0 saturated carbocycles. The average molecular weight is 541 g/mol. The Morgan fingerprint density at radius 1 is 1.23 bits per heavy atom. The van der Waals surface area contributed by atoms with E-state index >= 15 is 0 Å². The van der Waals surface area contributed by atoms with E-state index in [1.807, 2.05) is 32.0 Å². The number of carbonyl (C=O) groups excluding carboxylic acids is 2. The molecule has 0 spiro atoms. The van der Waals surface area contributed by atoms with Crippen molar-refractivity contribution < 1.29 is 27.8 Å². The summed E-state index contributed by atoms with van der Waals surface area (Å²) in [5.74, 6) is 6.55. The van der Waals surface area contributed by atoms with Gasteiger partial charge in [-0.25, -0.2) is 9.78 Å². The molecule has 1 unspecified atom stereocenters. The maximum absolute atomic E-state index is 13.3. The van der Waals surface area contributed by atoms with Crippen molar-refractivity contribution in [3.05, 3.63) is 53.3 Å². The van der Waals surface area contributed by atoms with Crippen molar-refractivity contribution in [1.82, 2.24) is 19.8 Å². The molecule has 0 bridgehead atoms. The molecule has 10 heteroatoms. The van der Waals surface area contributed by atoms with E-state index < -0.39 is 18.3 Å². The predicted octanol–water partition coefficient (Wildman–Crippen LogP) is 5.72. The molecule has 0 aliphatic heterocycles. The van der Waals surface area contributed by atoms with Gasteiger partial charge in [0.1, 0.15) is 17.1 Å². The number of fused-ring (bicyclic) bond motifs is 1. The predicted molar refractivity (Wildman–Crippen MR) is 146 cm³/mol. The molecule has 1 N–H and O–H groups in total. The van der Waals surface area contributed by atoms with Crippen molar-refractivity contribution in [3.63, 3.8) is 0 Å². The van der Waals surface area contributed by atoms with E-state index in [0.717, 1.165) is 0 Å². The first-order valence-electron chi connectivity index (χ1n) is 12.6. The number of imidazole rings is 1. The number of halogens is 2. The van der Waals surface area contributed by atoms with E-state index in [0.29, 0.717) is 48.1 Å². The molecule has 1 heterocycles. The number of benzene rings is 2. The van der Waals surface area contributed by atoms with E-state index in [1.165, 1.54) is 12.1 Å². The maximum atomic E-state index is 13.3. The Balaban J connectivity index is 2.06. The van der Waals surface area contributed by atoms with Crippen molar-refractivity contribution in [1.29, 1.82) is 0 Å². The van der Waals surface area contributed by atoms with Crippen molar-refractivity contribution in [2.45, 2.75) is 58.8 Å². The molecule has 8 nitrogen and oxygen atoms in total. The molecule has 0 aliphatic rings. The Labute approximate surface area is 227 Å². The third-order valence-corrected chi connectivity index (χ3v) is 5.74.